The Morgan fingerprint density at radius 1 is 1.40 bits per heavy atom. The first kappa shape index (κ1) is 10.1. The van der Waals surface area contributed by atoms with Gasteiger partial charge >= 0.3 is 0 Å². The molecule has 2 rings (SSSR count). The van der Waals surface area contributed by atoms with Crippen LogP contribution in [0.1, 0.15) is 19.8 Å². The molecular weight excluding hydrogens is 193 g/mol. The van der Waals surface area contributed by atoms with Gasteiger partial charge in [-0.3, -0.25) is 4.79 Å². The Kier molecular flexibility index (Phi) is 2.71. The largest absolute Gasteiger partial charge is 0.309 e. The number of nitrogens with zero attached hydrogens (tertiary/aromatic N) is 1. The van der Waals surface area contributed by atoms with Gasteiger partial charge in [0, 0.05) is 12.5 Å². The SMILES string of the molecule is C[C@@H]1CCCN(c2ccccc2F)C1=O. The highest BCUT2D eigenvalue weighted by Gasteiger charge is 2.27. The van der Waals surface area contributed by atoms with E-state index in [0.29, 0.717) is 12.2 Å². The Hall–Kier alpha value is -1.38. The third kappa shape index (κ3) is 1.87. The molecule has 15 heavy (non-hydrogen) atoms. The minimum atomic E-state index is -0.319. The lowest BCUT2D eigenvalue weighted by Crippen LogP contribution is -2.40. The van der Waals surface area contributed by atoms with Crippen molar-refractivity contribution >= 4 is 11.6 Å². The highest BCUT2D eigenvalue weighted by Crippen LogP contribution is 2.25. The molecule has 1 aliphatic heterocycles. The van der Waals surface area contributed by atoms with E-state index in [1.54, 1.807) is 23.1 Å². The first-order valence-electron chi connectivity index (χ1n) is 5.26. The zero-order chi connectivity index (χ0) is 10.8. The summed E-state index contributed by atoms with van der Waals surface area (Å²) >= 11 is 0. The number of anilines is 1. The van der Waals surface area contributed by atoms with Crippen molar-refractivity contribution in [2.75, 3.05) is 11.4 Å². The lowest BCUT2D eigenvalue weighted by Gasteiger charge is -2.30. The molecule has 1 amide bonds. The number of carbonyl (C=O) groups excluding carboxylic acids is 1. The van der Waals surface area contributed by atoms with Crippen LogP contribution < -0.4 is 4.90 Å². The van der Waals surface area contributed by atoms with Crippen LogP contribution in [0.2, 0.25) is 0 Å². The fourth-order valence-corrected chi connectivity index (χ4v) is 1.97. The molecule has 80 valence electrons. The minimum absolute atomic E-state index is 0.0124. The first-order chi connectivity index (χ1) is 7.20. The second kappa shape index (κ2) is 4.01. The van der Waals surface area contributed by atoms with Crippen LogP contribution in [0.5, 0.6) is 0 Å². The third-order valence-corrected chi connectivity index (χ3v) is 2.85. The predicted molar refractivity (Wildman–Crippen MR) is 57.2 cm³/mol. The van der Waals surface area contributed by atoms with Gasteiger partial charge in [-0.2, -0.15) is 0 Å². The van der Waals surface area contributed by atoms with Crippen LogP contribution in [0.4, 0.5) is 10.1 Å². The van der Waals surface area contributed by atoms with Gasteiger partial charge in [-0.05, 0) is 25.0 Å². The minimum Gasteiger partial charge on any atom is -0.309 e. The van der Waals surface area contributed by atoms with Crippen molar-refractivity contribution in [1.29, 1.82) is 0 Å². The van der Waals surface area contributed by atoms with E-state index < -0.39 is 0 Å². The number of hydrogen-bond acceptors (Lipinski definition) is 1. The van der Waals surface area contributed by atoms with Gasteiger partial charge in [0.15, 0.2) is 0 Å². The van der Waals surface area contributed by atoms with Crippen LogP contribution >= 0.6 is 0 Å². The van der Waals surface area contributed by atoms with Gasteiger partial charge in [-0.25, -0.2) is 4.39 Å². The van der Waals surface area contributed by atoms with E-state index in [-0.39, 0.29) is 17.6 Å². The van der Waals surface area contributed by atoms with Gasteiger partial charge in [0.25, 0.3) is 0 Å². The molecule has 0 radical (unpaired) electrons. The Balaban J connectivity index is 2.30. The van der Waals surface area contributed by atoms with Gasteiger partial charge in [0.2, 0.25) is 5.91 Å². The smallest absolute Gasteiger partial charge is 0.229 e. The van der Waals surface area contributed by atoms with E-state index in [9.17, 15) is 9.18 Å². The van der Waals surface area contributed by atoms with E-state index in [2.05, 4.69) is 0 Å². The predicted octanol–water partition coefficient (Wildman–Crippen LogP) is 2.59. The zero-order valence-corrected chi connectivity index (χ0v) is 8.74. The lowest BCUT2D eigenvalue weighted by atomic mass is 9.98. The molecule has 1 aliphatic rings. The van der Waals surface area contributed by atoms with Gasteiger partial charge in [-0.1, -0.05) is 19.1 Å². The Morgan fingerprint density at radius 2 is 2.13 bits per heavy atom. The molecule has 1 aromatic carbocycles. The molecule has 0 aliphatic carbocycles. The van der Waals surface area contributed by atoms with Crippen molar-refractivity contribution in [2.45, 2.75) is 19.8 Å². The summed E-state index contributed by atoms with van der Waals surface area (Å²) in [4.78, 5) is 13.4. The van der Waals surface area contributed by atoms with E-state index in [4.69, 9.17) is 0 Å². The highest BCUT2D eigenvalue weighted by molar-refractivity contribution is 5.95. The van der Waals surface area contributed by atoms with Crippen LogP contribution in [0.15, 0.2) is 24.3 Å². The molecule has 1 atom stereocenters. The number of piperidine rings is 1. The topological polar surface area (TPSA) is 20.3 Å². The number of hydrogen-bond donors (Lipinski definition) is 0. The number of carbonyl (C=O) groups is 1. The molecule has 1 heterocycles. The fraction of sp³-hybridized carbons (Fsp3) is 0.417. The summed E-state index contributed by atoms with van der Waals surface area (Å²) in [5.41, 5.74) is 0.411. The van der Waals surface area contributed by atoms with Crippen molar-refractivity contribution in [3.63, 3.8) is 0 Å². The molecule has 0 spiro atoms. The highest BCUT2D eigenvalue weighted by atomic mass is 19.1. The average molecular weight is 207 g/mol. The van der Waals surface area contributed by atoms with Gasteiger partial charge < -0.3 is 4.90 Å². The second-order valence-electron chi connectivity index (χ2n) is 3.98. The van der Waals surface area contributed by atoms with E-state index in [1.165, 1.54) is 6.07 Å². The van der Waals surface area contributed by atoms with Gasteiger partial charge in [-0.15, -0.1) is 0 Å². The van der Waals surface area contributed by atoms with Crippen molar-refractivity contribution in [2.24, 2.45) is 5.92 Å². The summed E-state index contributed by atoms with van der Waals surface area (Å²) < 4.78 is 13.5. The summed E-state index contributed by atoms with van der Waals surface area (Å²) in [5.74, 6) is -0.273. The Labute approximate surface area is 88.7 Å². The van der Waals surface area contributed by atoms with Crippen molar-refractivity contribution in [3.05, 3.63) is 30.1 Å². The average Bonchev–Trinajstić information content (AvgIpc) is 2.23. The third-order valence-electron chi connectivity index (χ3n) is 2.85. The maximum atomic E-state index is 13.5. The van der Waals surface area contributed by atoms with Crippen molar-refractivity contribution < 1.29 is 9.18 Å². The molecule has 1 aromatic rings. The maximum absolute atomic E-state index is 13.5. The Bertz CT molecular complexity index is 378. The first-order valence-corrected chi connectivity index (χ1v) is 5.26. The Morgan fingerprint density at radius 3 is 2.87 bits per heavy atom. The van der Waals surface area contributed by atoms with E-state index >= 15 is 0 Å². The summed E-state index contributed by atoms with van der Waals surface area (Å²) in [7, 11) is 0. The molecule has 2 nitrogen and oxygen atoms in total. The molecule has 0 unspecified atom stereocenters. The maximum Gasteiger partial charge on any atom is 0.229 e. The van der Waals surface area contributed by atoms with E-state index in [0.717, 1.165) is 12.8 Å². The molecule has 0 bridgehead atoms. The summed E-state index contributed by atoms with van der Waals surface area (Å²) in [6.45, 7) is 2.53. The second-order valence-corrected chi connectivity index (χ2v) is 3.98. The summed E-state index contributed by atoms with van der Waals surface area (Å²) in [5, 5.41) is 0. The molecule has 1 fully saturated rings. The molecule has 1 saturated heterocycles. The monoisotopic (exact) mass is 207 g/mol. The number of rotatable bonds is 1. The van der Waals surface area contributed by atoms with Crippen LogP contribution in [-0.2, 0) is 4.79 Å². The number of amides is 1. The van der Waals surface area contributed by atoms with Crippen LogP contribution in [0, 0.1) is 11.7 Å². The van der Waals surface area contributed by atoms with E-state index in [1.807, 2.05) is 6.92 Å². The molecule has 0 N–H and O–H groups in total. The molecular formula is C12H14FNO. The van der Waals surface area contributed by atoms with Crippen LogP contribution in [-0.4, -0.2) is 12.5 Å². The van der Waals surface area contributed by atoms with Crippen molar-refractivity contribution in [1.82, 2.24) is 0 Å². The molecule has 0 aromatic heterocycles. The number of para-hydroxylation sites is 1. The molecule has 0 saturated carbocycles. The number of benzene rings is 1. The summed E-state index contributed by atoms with van der Waals surface area (Å²) in [6.07, 6.45) is 1.85. The molecule has 3 heteroatoms. The van der Waals surface area contributed by atoms with Crippen LogP contribution in [0.3, 0.4) is 0 Å². The van der Waals surface area contributed by atoms with Crippen LogP contribution in [0.25, 0.3) is 0 Å². The summed E-state index contributed by atoms with van der Waals surface area (Å²) in [6, 6.07) is 6.44. The van der Waals surface area contributed by atoms with Crippen molar-refractivity contribution in [3.8, 4) is 0 Å². The lowest BCUT2D eigenvalue weighted by molar-refractivity contribution is -0.123. The zero-order valence-electron chi connectivity index (χ0n) is 8.74. The standard InChI is InChI=1S/C12H14FNO/c1-9-5-4-8-14(12(9)15)11-7-3-2-6-10(11)13/h2-3,6-7,9H,4-5,8H2,1H3/t9-/m1/s1. The fourth-order valence-electron chi connectivity index (χ4n) is 1.97. The van der Waals surface area contributed by atoms with Gasteiger partial charge in [0.05, 0.1) is 5.69 Å². The number of halogens is 1. The van der Waals surface area contributed by atoms with Gasteiger partial charge in [0.1, 0.15) is 5.82 Å². The quantitative estimate of drug-likeness (QED) is 0.693. The normalized spacial score (nSPS) is 21.9.